The highest BCUT2D eigenvalue weighted by molar-refractivity contribution is 6.16. The van der Waals surface area contributed by atoms with Gasteiger partial charge in [-0.1, -0.05) is 31.6 Å². The Bertz CT molecular complexity index is 880. The number of allylic oxidation sites excluding steroid dienone is 2. The van der Waals surface area contributed by atoms with Crippen molar-refractivity contribution in [3.8, 4) is 0 Å². The number of carboxylic acids is 1. The number of nitrogens with two attached hydrogens (primary N) is 1. The summed E-state index contributed by atoms with van der Waals surface area (Å²) in [5.41, 5.74) is 11.9. The van der Waals surface area contributed by atoms with Crippen LogP contribution in [0.25, 0.3) is 0 Å². The zero-order chi connectivity index (χ0) is 19.2. The van der Waals surface area contributed by atoms with E-state index in [2.05, 4.69) is 25.1 Å². The number of anilines is 1. The minimum Gasteiger partial charge on any atom is -0.478 e. The second-order valence-electron chi connectivity index (χ2n) is 6.96. The van der Waals surface area contributed by atoms with Gasteiger partial charge in [-0.3, -0.25) is 0 Å². The van der Waals surface area contributed by atoms with Crippen LogP contribution < -0.4 is 5.73 Å². The van der Waals surface area contributed by atoms with E-state index in [0.717, 1.165) is 49.1 Å². The van der Waals surface area contributed by atoms with Gasteiger partial charge in [0, 0.05) is 11.3 Å². The standard InChI is InChI=1S/C23H26N2O2/c1-2-6-16-9-12-19(13-10-16)25-22(17-7-4-3-5-8-17)20-14-11-18(23(26)27)15-21(20)24/h7,9-15H,2-6,8,24H2,1H3,(H,26,27). The number of hydrogen-bond donors (Lipinski definition) is 2. The van der Waals surface area contributed by atoms with Gasteiger partial charge in [0.05, 0.1) is 17.0 Å². The number of carbonyl (C=O) groups is 1. The minimum atomic E-state index is -0.977. The molecule has 0 fully saturated rings. The largest absolute Gasteiger partial charge is 0.478 e. The molecule has 1 aliphatic carbocycles. The summed E-state index contributed by atoms with van der Waals surface area (Å²) < 4.78 is 0. The summed E-state index contributed by atoms with van der Waals surface area (Å²) >= 11 is 0. The molecule has 27 heavy (non-hydrogen) atoms. The van der Waals surface area contributed by atoms with E-state index in [1.54, 1.807) is 12.1 Å². The molecule has 0 radical (unpaired) electrons. The van der Waals surface area contributed by atoms with E-state index in [0.29, 0.717) is 5.69 Å². The molecule has 0 unspecified atom stereocenters. The van der Waals surface area contributed by atoms with Crippen molar-refractivity contribution in [1.82, 2.24) is 0 Å². The molecule has 0 bridgehead atoms. The maximum Gasteiger partial charge on any atom is 0.335 e. The first-order chi connectivity index (χ1) is 13.1. The molecule has 3 N–H and O–H groups in total. The van der Waals surface area contributed by atoms with Crippen LogP contribution >= 0.6 is 0 Å². The predicted molar refractivity (Wildman–Crippen MR) is 111 cm³/mol. The fraction of sp³-hybridized carbons (Fsp3) is 0.304. The Hall–Kier alpha value is -2.88. The fourth-order valence-corrected chi connectivity index (χ4v) is 3.42. The SMILES string of the molecule is CCCc1ccc(N=C(C2=CCCCC2)c2ccc(C(=O)O)cc2N)cc1. The quantitative estimate of drug-likeness (QED) is 0.523. The molecule has 140 valence electrons. The van der Waals surface area contributed by atoms with Gasteiger partial charge in [-0.2, -0.15) is 0 Å². The number of aromatic carboxylic acids is 1. The predicted octanol–water partition coefficient (Wildman–Crippen LogP) is 5.54. The molecule has 0 saturated carbocycles. The lowest BCUT2D eigenvalue weighted by Gasteiger charge is -2.17. The average molecular weight is 362 g/mol. The highest BCUT2D eigenvalue weighted by Gasteiger charge is 2.17. The molecule has 0 atom stereocenters. The summed E-state index contributed by atoms with van der Waals surface area (Å²) in [5, 5.41) is 9.20. The van der Waals surface area contributed by atoms with E-state index in [4.69, 9.17) is 10.7 Å². The van der Waals surface area contributed by atoms with Crippen LogP contribution in [0.3, 0.4) is 0 Å². The van der Waals surface area contributed by atoms with Crippen LogP contribution in [0.2, 0.25) is 0 Å². The summed E-state index contributed by atoms with van der Waals surface area (Å²) in [7, 11) is 0. The van der Waals surface area contributed by atoms with Crippen LogP contribution in [0.4, 0.5) is 11.4 Å². The van der Waals surface area contributed by atoms with Crippen LogP contribution in [0.1, 0.15) is 60.5 Å². The molecule has 0 heterocycles. The molecule has 0 aromatic heterocycles. The van der Waals surface area contributed by atoms with Crippen LogP contribution in [-0.4, -0.2) is 16.8 Å². The second kappa shape index (κ2) is 8.67. The van der Waals surface area contributed by atoms with E-state index >= 15 is 0 Å². The topological polar surface area (TPSA) is 75.7 Å². The van der Waals surface area contributed by atoms with E-state index < -0.39 is 5.97 Å². The van der Waals surface area contributed by atoms with Crippen molar-refractivity contribution in [2.45, 2.75) is 45.4 Å². The number of aliphatic imine (C=N–C) groups is 1. The Morgan fingerprint density at radius 2 is 1.93 bits per heavy atom. The molecule has 0 saturated heterocycles. The van der Waals surface area contributed by atoms with Gasteiger partial charge in [-0.15, -0.1) is 0 Å². The molecule has 4 heteroatoms. The number of hydrogen-bond acceptors (Lipinski definition) is 3. The molecular formula is C23H26N2O2. The molecule has 3 rings (SSSR count). The molecular weight excluding hydrogens is 336 g/mol. The number of rotatable bonds is 6. The van der Waals surface area contributed by atoms with Crippen LogP contribution in [-0.2, 0) is 6.42 Å². The molecule has 0 spiro atoms. The van der Waals surface area contributed by atoms with Crippen LogP contribution in [0, 0.1) is 0 Å². The van der Waals surface area contributed by atoms with Crippen LogP contribution in [0.5, 0.6) is 0 Å². The minimum absolute atomic E-state index is 0.192. The summed E-state index contributed by atoms with van der Waals surface area (Å²) in [6.45, 7) is 2.17. The van der Waals surface area contributed by atoms with Gasteiger partial charge in [0.25, 0.3) is 0 Å². The summed E-state index contributed by atoms with van der Waals surface area (Å²) in [4.78, 5) is 16.1. The Balaban J connectivity index is 2.03. The maximum absolute atomic E-state index is 11.2. The Morgan fingerprint density at radius 3 is 2.52 bits per heavy atom. The molecule has 0 amide bonds. The monoisotopic (exact) mass is 362 g/mol. The molecule has 2 aromatic rings. The van der Waals surface area contributed by atoms with Crippen molar-refractivity contribution in [3.05, 3.63) is 70.8 Å². The third kappa shape index (κ3) is 4.64. The smallest absolute Gasteiger partial charge is 0.335 e. The van der Waals surface area contributed by atoms with Gasteiger partial charge in [-0.25, -0.2) is 9.79 Å². The highest BCUT2D eigenvalue weighted by Crippen LogP contribution is 2.28. The third-order valence-electron chi connectivity index (χ3n) is 4.86. The van der Waals surface area contributed by atoms with Crippen molar-refractivity contribution < 1.29 is 9.90 Å². The summed E-state index contributed by atoms with van der Waals surface area (Å²) in [6.07, 6.45) is 8.74. The summed E-state index contributed by atoms with van der Waals surface area (Å²) in [6, 6.07) is 13.2. The lowest BCUT2D eigenvalue weighted by atomic mass is 9.91. The number of aryl methyl sites for hydroxylation is 1. The van der Waals surface area contributed by atoms with Gasteiger partial charge in [0.15, 0.2) is 0 Å². The van der Waals surface area contributed by atoms with Gasteiger partial charge in [0.1, 0.15) is 0 Å². The Kier molecular flexibility index (Phi) is 6.07. The molecule has 1 aliphatic rings. The van der Waals surface area contributed by atoms with Crippen molar-refractivity contribution in [1.29, 1.82) is 0 Å². The summed E-state index contributed by atoms with van der Waals surface area (Å²) in [5.74, 6) is -0.977. The normalized spacial score (nSPS) is 14.7. The number of nitrogens with zero attached hydrogens (tertiary/aromatic N) is 1. The first kappa shape index (κ1) is 18.9. The average Bonchev–Trinajstić information content (AvgIpc) is 2.68. The van der Waals surface area contributed by atoms with Crippen LogP contribution in [0.15, 0.2) is 59.1 Å². The lowest BCUT2D eigenvalue weighted by Crippen LogP contribution is -2.11. The zero-order valence-corrected chi connectivity index (χ0v) is 15.7. The molecule has 4 nitrogen and oxygen atoms in total. The molecule has 0 aliphatic heterocycles. The fourth-order valence-electron chi connectivity index (χ4n) is 3.42. The maximum atomic E-state index is 11.2. The van der Waals surface area contributed by atoms with Gasteiger partial charge in [0.2, 0.25) is 0 Å². The van der Waals surface area contributed by atoms with E-state index in [1.165, 1.54) is 23.6 Å². The van der Waals surface area contributed by atoms with Crippen molar-refractivity contribution in [2.24, 2.45) is 4.99 Å². The van der Waals surface area contributed by atoms with Gasteiger partial charge in [-0.05, 0) is 73.6 Å². The first-order valence-electron chi connectivity index (χ1n) is 9.58. The van der Waals surface area contributed by atoms with Gasteiger partial charge < -0.3 is 10.8 Å². The number of nitrogen functional groups attached to an aromatic ring is 1. The number of benzene rings is 2. The van der Waals surface area contributed by atoms with E-state index in [9.17, 15) is 9.90 Å². The third-order valence-corrected chi connectivity index (χ3v) is 4.86. The van der Waals surface area contributed by atoms with E-state index in [1.807, 2.05) is 12.1 Å². The Morgan fingerprint density at radius 1 is 1.15 bits per heavy atom. The van der Waals surface area contributed by atoms with Crippen molar-refractivity contribution in [3.63, 3.8) is 0 Å². The first-order valence-corrected chi connectivity index (χ1v) is 9.58. The van der Waals surface area contributed by atoms with E-state index in [-0.39, 0.29) is 5.56 Å². The lowest BCUT2D eigenvalue weighted by molar-refractivity contribution is 0.0697. The van der Waals surface area contributed by atoms with Crippen molar-refractivity contribution in [2.75, 3.05) is 5.73 Å². The second-order valence-corrected chi connectivity index (χ2v) is 6.96. The zero-order valence-electron chi connectivity index (χ0n) is 15.7. The van der Waals surface area contributed by atoms with Crippen molar-refractivity contribution >= 4 is 23.1 Å². The molecule has 2 aromatic carbocycles. The van der Waals surface area contributed by atoms with Gasteiger partial charge >= 0.3 is 5.97 Å². The highest BCUT2D eigenvalue weighted by atomic mass is 16.4. The number of carboxylic acid groups (broad SMARTS) is 1. The Labute approximate surface area is 160 Å².